The lowest BCUT2D eigenvalue weighted by Crippen LogP contribution is -2.18. The van der Waals surface area contributed by atoms with Crippen LogP contribution in [-0.2, 0) is 6.54 Å². The molecule has 0 spiro atoms. The second-order valence-corrected chi connectivity index (χ2v) is 5.19. The number of nitrogens with one attached hydrogen (secondary N) is 1. The first kappa shape index (κ1) is 12.8. The summed E-state index contributed by atoms with van der Waals surface area (Å²) in [6, 6.07) is 10.5. The fourth-order valence-electron chi connectivity index (χ4n) is 1.87. The third kappa shape index (κ3) is 2.98. The molecule has 0 fully saturated rings. The van der Waals surface area contributed by atoms with E-state index in [0.29, 0.717) is 6.04 Å². The van der Waals surface area contributed by atoms with Crippen LogP contribution in [0.25, 0.3) is 0 Å². The molecule has 1 atom stereocenters. The average molecular weight is 256 g/mol. The number of hydrogen-bond acceptors (Lipinski definition) is 3. The molecule has 1 aromatic carbocycles. The first-order valence-corrected chi connectivity index (χ1v) is 6.90. The van der Waals surface area contributed by atoms with E-state index in [2.05, 4.69) is 35.1 Å². The molecule has 3 heteroatoms. The van der Waals surface area contributed by atoms with Gasteiger partial charge in [-0.25, -0.2) is 0 Å². The molecule has 1 unspecified atom stereocenters. The van der Waals surface area contributed by atoms with Gasteiger partial charge in [0.05, 0.1) is 11.6 Å². The Morgan fingerprint density at radius 2 is 2.22 bits per heavy atom. The molecule has 2 aromatic rings. The molecular formula is C15H16N2S. The molecule has 1 aromatic heterocycles. The molecule has 0 bridgehead atoms. The van der Waals surface area contributed by atoms with Crippen LogP contribution in [0.3, 0.4) is 0 Å². The lowest BCUT2D eigenvalue weighted by atomic mass is 10.0. The first-order chi connectivity index (χ1) is 8.70. The number of aryl methyl sites for hydroxylation is 1. The molecule has 0 aliphatic rings. The number of thiophene rings is 1. The van der Waals surface area contributed by atoms with E-state index in [9.17, 15) is 0 Å². The van der Waals surface area contributed by atoms with Gasteiger partial charge < -0.3 is 5.32 Å². The van der Waals surface area contributed by atoms with Crippen molar-refractivity contribution in [1.82, 2.24) is 5.32 Å². The van der Waals surface area contributed by atoms with Crippen molar-refractivity contribution in [3.63, 3.8) is 0 Å². The number of rotatable bonds is 4. The second-order valence-electron chi connectivity index (χ2n) is 4.41. The highest BCUT2D eigenvalue weighted by Gasteiger charge is 2.06. The van der Waals surface area contributed by atoms with E-state index >= 15 is 0 Å². The molecule has 1 heterocycles. The van der Waals surface area contributed by atoms with Gasteiger partial charge in [0.25, 0.3) is 0 Å². The van der Waals surface area contributed by atoms with Crippen molar-refractivity contribution in [3.8, 4) is 6.07 Å². The molecule has 0 aliphatic heterocycles. The Bertz CT molecular complexity index is 552. The largest absolute Gasteiger partial charge is 0.306 e. The van der Waals surface area contributed by atoms with Gasteiger partial charge in [-0.1, -0.05) is 6.07 Å². The minimum absolute atomic E-state index is 0.353. The van der Waals surface area contributed by atoms with Crippen molar-refractivity contribution in [2.24, 2.45) is 0 Å². The highest BCUT2D eigenvalue weighted by atomic mass is 32.1. The van der Waals surface area contributed by atoms with Crippen LogP contribution in [0.15, 0.2) is 35.0 Å². The Balaban J connectivity index is 2.00. The van der Waals surface area contributed by atoms with Crippen LogP contribution in [0.4, 0.5) is 0 Å². The van der Waals surface area contributed by atoms with Crippen LogP contribution in [0.2, 0.25) is 0 Å². The van der Waals surface area contributed by atoms with E-state index in [1.165, 1.54) is 16.7 Å². The van der Waals surface area contributed by atoms with E-state index < -0.39 is 0 Å². The highest BCUT2D eigenvalue weighted by molar-refractivity contribution is 7.07. The van der Waals surface area contributed by atoms with E-state index in [0.717, 1.165) is 12.1 Å². The first-order valence-electron chi connectivity index (χ1n) is 5.96. The molecule has 1 N–H and O–H groups in total. The third-order valence-corrected chi connectivity index (χ3v) is 3.82. The van der Waals surface area contributed by atoms with Gasteiger partial charge in [-0.05, 0) is 59.5 Å². The Hall–Kier alpha value is -1.63. The minimum Gasteiger partial charge on any atom is -0.306 e. The van der Waals surface area contributed by atoms with Crippen LogP contribution in [0.5, 0.6) is 0 Å². The predicted molar refractivity (Wildman–Crippen MR) is 75.5 cm³/mol. The number of nitriles is 1. The van der Waals surface area contributed by atoms with E-state index in [4.69, 9.17) is 5.26 Å². The van der Waals surface area contributed by atoms with E-state index in [1.54, 1.807) is 11.3 Å². The number of benzene rings is 1. The van der Waals surface area contributed by atoms with Gasteiger partial charge in [-0.15, -0.1) is 0 Å². The Labute approximate surface area is 112 Å². The normalized spacial score (nSPS) is 12.1. The molecule has 0 amide bonds. The average Bonchev–Trinajstić information content (AvgIpc) is 2.90. The lowest BCUT2D eigenvalue weighted by Gasteiger charge is -2.14. The lowest BCUT2D eigenvalue weighted by molar-refractivity contribution is 0.575. The maximum absolute atomic E-state index is 8.83. The summed E-state index contributed by atoms with van der Waals surface area (Å²) in [5.41, 5.74) is 4.46. The standard InChI is InChI=1S/C15H16N2S/c1-11-7-13(8-16)3-4-14(11)9-17-12(2)15-5-6-18-10-15/h3-7,10,12,17H,9H2,1-2H3. The summed E-state index contributed by atoms with van der Waals surface area (Å²) in [4.78, 5) is 0. The van der Waals surface area contributed by atoms with Crippen LogP contribution >= 0.6 is 11.3 Å². The van der Waals surface area contributed by atoms with Gasteiger partial charge in [-0.2, -0.15) is 16.6 Å². The van der Waals surface area contributed by atoms with Crippen molar-refractivity contribution in [3.05, 3.63) is 57.3 Å². The molecule has 0 radical (unpaired) electrons. The number of nitrogens with zero attached hydrogens (tertiary/aromatic N) is 1. The van der Waals surface area contributed by atoms with Gasteiger partial charge >= 0.3 is 0 Å². The Morgan fingerprint density at radius 3 is 2.83 bits per heavy atom. The summed E-state index contributed by atoms with van der Waals surface area (Å²) in [6.07, 6.45) is 0. The fraction of sp³-hybridized carbons (Fsp3) is 0.267. The van der Waals surface area contributed by atoms with Crippen LogP contribution in [0.1, 0.15) is 35.2 Å². The topological polar surface area (TPSA) is 35.8 Å². The zero-order chi connectivity index (χ0) is 13.0. The van der Waals surface area contributed by atoms with Crippen LogP contribution < -0.4 is 5.32 Å². The van der Waals surface area contributed by atoms with Crippen molar-refractivity contribution < 1.29 is 0 Å². The van der Waals surface area contributed by atoms with Gasteiger partial charge in [0.15, 0.2) is 0 Å². The third-order valence-electron chi connectivity index (χ3n) is 3.11. The molecule has 2 nitrogen and oxygen atoms in total. The highest BCUT2D eigenvalue weighted by Crippen LogP contribution is 2.17. The second kappa shape index (κ2) is 5.81. The Kier molecular flexibility index (Phi) is 4.14. The van der Waals surface area contributed by atoms with Crippen molar-refractivity contribution in [1.29, 1.82) is 5.26 Å². The fourth-order valence-corrected chi connectivity index (χ4v) is 2.62. The maximum atomic E-state index is 8.83. The molecule has 18 heavy (non-hydrogen) atoms. The van der Waals surface area contributed by atoms with Gasteiger partial charge in [0, 0.05) is 12.6 Å². The number of hydrogen-bond donors (Lipinski definition) is 1. The van der Waals surface area contributed by atoms with Crippen molar-refractivity contribution >= 4 is 11.3 Å². The van der Waals surface area contributed by atoms with Gasteiger partial charge in [0.1, 0.15) is 0 Å². The predicted octanol–water partition coefficient (Wildman–Crippen LogP) is 3.78. The summed E-state index contributed by atoms with van der Waals surface area (Å²) in [6.45, 7) is 5.04. The zero-order valence-corrected chi connectivity index (χ0v) is 11.4. The SMILES string of the molecule is Cc1cc(C#N)ccc1CNC(C)c1ccsc1. The molecule has 0 saturated heterocycles. The molecular weight excluding hydrogens is 240 g/mol. The molecule has 0 saturated carbocycles. The summed E-state index contributed by atoms with van der Waals surface area (Å²) in [5.74, 6) is 0. The summed E-state index contributed by atoms with van der Waals surface area (Å²) >= 11 is 1.72. The quantitative estimate of drug-likeness (QED) is 0.903. The summed E-state index contributed by atoms with van der Waals surface area (Å²) < 4.78 is 0. The maximum Gasteiger partial charge on any atom is 0.0991 e. The monoisotopic (exact) mass is 256 g/mol. The molecule has 2 rings (SSSR count). The van der Waals surface area contributed by atoms with E-state index in [1.807, 2.05) is 25.1 Å². The molecule has 92 valence electrons. The van der Waals surface area contributed by atoms with Crippen molar-refractivity contribution in [2.45, 2.75) is 26.4 Å². The van der Waals surface area contributed by atoms with Gasteiger partial charge in [0.2, 0.25) is 0 Å². The Morgan fingerprint density at radius 1 is 1.39 bits per heavy atom. The van der Waals surface area contributed by atoms with Crippen molar-refractivity contribution in [2.75, 3.05) is 0 Å². The summed E-state index contributed by atoms with van der Waals surface area (Å²) in [7, 11) is 0. The summed E-state index contributed by atoms with van der Waals surface area (Å²) in [5, 5.41) is 16.6. The molecule has 0 aliphatic carbocycles. The van der Waals surface area contributed by atoms with Crippen LogP contribution in [-0.4, -0.2) is 0 Å². The zero-order valence-electron chi connectivity index (χ0n) is 10.6. The van der Waals surface area contributed by atoms with E-state index in [-0.39, 0.29) is 0 Å². The van der Waals surface area contributed by atoms with Crippen LogP contribution in [0, 0.1) is 18.3 Å². The minimum atomic E-state index is 0.353. The smallest absolute Gasteiger partial charge is 0.0991 e. The van der Waals surface area contributed by atoms with Gasteiger partial charge in [-0.3, -0.25) is 0 Å².